The molecule has 1 amide bonds. The molecule has 6 heteroatoms. The average Bonchev–Trinajstić information content (AvgIpc) is 2.67. The number of rotatable bonds is 3. The maximum absolute atomic E-state index is 12.5. The van der Waals surface area contributed by atoms with Gasteiger partial charge in [-0.25, -0.2) is 0 Å². The Balaban J connectivity index is 1.91. The van der Waals surface area contributed by atoms with Gasteiger partial charge in [0.05, 0.1) is 12.1 Å². The van der Waals surface area contributed by atoms with Crippen molar-refractivity contribution in [1.29, 1.82) is 0 Å². The maximum Gasteiger partial charge on any atom is 0.317 e. The third-order valence-corrected chi connectivity index (χ3v) is 4.08. The summed E-state index contributed by atoms with van der Waals surface area (Å²) >= 11 is 0. The minimum atomic E-state index is -0.802. The summed E-state index contributed by atoms with van der Waals surface area (Å²) in [5, 5.41) is 12.1. The van der Waals surface area contributed by atoms with Crippen molar-refractivity contribution in [2.24, 2.45) is 0 Å². The van der Waals surface area contributed by atoms with E-state index in [1.807, 2.05) is 16.7 Å². The van der Waals surface area contributed by atoms with Crippen LogP contribution in [0.5, 0.6) is 0 Å². The lowest BCUT2D eigenvalue weighted by molar-refractivity contribution is -0.138. The monoisotopic (exact) mass is 269 g/mol. The number of carboxylic acid groups (broad SMARTS) is 1. The molecule has 2 heterocycles. The van der Waals surface area contributed by atoms with Crippen LogP contribution in [0.25, 0.3) is 0 Å². The summed E-state index contributed by atoms with van der Waals surface area (Å²) in [5.74, 6) is -0.633. The second-order valence-corrected chi connectivity index (χ2v) is 5.68. The quantitative estimate of drug-likeness (QED) is 0.739. The Kier molecular flexibility index (Phi) is 4.42. The fourth-order valence-electron chi connectivity index (χ4n) is 2.95. The second-order valence-electron chi connectivity index (χ2n) is 5.68. The minimum absolute atomic E-state index is 0.0670. The number of nitrogens with one attached hydrogen (secondary N) is 1. The molecule has 6 nitrogen and oxygen atoms in total. The van der Waals surface area contributed by atoms with Crippen LogP contribution >= 0.6 is 0 Å². The lowest BCUT2D eigenvalue weighted by Gasteiger charge is -2.31. The zero-order valence-corrected chi connectivity index (χ0v) is 11.5. The Labute approximate surface area is 113 Å². The van der Waals surface area contributed by atoms with Crippen molar-refractivity contribution < 1.29 is 14.7 Å². The number of carbonyl (C=O) groups excluding carboxylic acids is 1. The summed E-state index contributed by atoms with van der Waals surface area (Å²) in [4.78, 5) is 27.0. The molecule has 2 N–H and O–H groups in total. The van der Waals surface area contributed by atoms with E-state index in [0.29, 0.717) is 13.1 Å². The first-order chi connectivity index (χ1) is 9.01. The zero-order chi connectivity index (χ0) is 13.9. The standard InChI is InChI=1S/C13H23N3O3/c1-13(4-2-5-14-13)12(19)16-7-3-6-15(8-9-16)10-11(17)18/h14H,2-10H2,1H3,(H,17,18). The molecular weight excluding hydrogens is 246 g/mol. The minimum Gasteiger partial charge on any atom is -0.480 e. The molecule has 2 rings (SSSR count). The van der Waals surface area contributed by atoms with Crippen molar-refractivity contribution in [3.8, 4) is 0 Å². The van der Waals surface area contributed by atoms with Gasteiger partial charge in [-0.3, -0.25) is 14.5 Å². The average molecular weight is 269 g/mol. The molecule has 0 spiro atoms. The number of carbonyl (C=O) groups is 2. The van der Waals surface area contributed by atoms with Crippen molar-refractivity contribution in [2.45, 2.75) is 31.7 Å². The van der Waals surface area contributed by atoms with Gasteiger partial charge in [0, 0.05) is 26.2 Å². The van der Waals surface area contributed by atoms with E-state index in [0.717, 1.165) is 38.9 Å². The van der Waals surface area contributed by atoms with Gasteiger partial charge in [-0.05, 0) is 32.7 Å². The molecule has 2 fully saturated rings. The van der Waals surface area contributed by atoms with E-state index in [2.05, 4.69) is 5.32 Å². The second kappa shape index (κ2) is 5.88. The summed E-state index contributed by atoms with van der Waals surface area (Å²) < 4.78 is 0. The number of hydrogen-bond donors (Lipinski definition) is 2. The molecule has 1 unspecified atom stereocenters. The molecule has 0 aromatic rings. The van der Waals surface area contributed by atoms with Crippen LogP contribution in [-0.4, -0.2) is 71.6 Å². The number of nitrogens with zero attached hydrogens (tertiary/aromatic N) is 2. The zero-order valence-electron chi connectivity index (χ0n) is 11.5. The van der Waals surface area contributed by atoms with E-state index in [-0.39, 0.29) is 12.5 Å². The third-order valence-electron chi connectivity index (χ3n) is 4.08. The van der Waals surface area contributed by atoms with Crippen molar-refractivity contribution in [3.05, 3.63) is 0 Å². The van der Waals surface area contributed by atoms with Gasteiger partial charge < -0.3 is 15.3 Å². The van der Waals surface area contributed by atoms with Gasteiger partial charge in [-0.1, -0.05) is 0 Å². The van der Waals surface area contributed by atoms with Gasteiger partial charge in [0.25, 0.3) is 0 Å². The fourth-order valence-corrected chi connectivity index (χ4v) is 2.95. The molecule has 2 aliphatic heterocycles. The first-order valence-corrected chi connectivity index (χ1v) is 7.00. The van der Waals surface area contributed by atoms with Gasteiger partial charge >= 0.3 is 5.97 Å². The normalized spacial score (nSPS) is 29.2. The molecule has 19 heavy (non-hydrogen) atoms. The van der Waals surface area contributed by atoms with Crippen LogP contribution in [0.3, 0.4) is 0 Å². The van der Waals surface area contributed by atoms with E-state index in [9.17, 15) is 9.59 Å². The molecule has 1 atom stereocenters. The maximum atomic E-state index is 12.5. The fraction of sp³-hybridized carbons (Fsp3) is 0.846. The molecule has 0 bridgehead atoms. The van der Waals surface area contributed by atoms with Crippen molar-refractivity contribution in [2.75, 3.05) is 39.3 Å². The van der Waals surface area contributed by atoms with Crippen LogP contribution in [0.15, 0.2) is 0 Å². The highest BCUT2D eigenvalue weighted by molar-refractivity contribution is 5.86. The predicted molar refractivity (Wildman–Crippen MR) is 70.9 cm³/mol. The van der Waals surface area contributed by atoms with E-state index < -0.39 is 11.5 Å². The Morgan fingerprint density at radius 2 is 2.00 bits per heavy atom. The third kappa shape index (κ3) is 3.45. The largest absolute Gasteiger partial charge is 0.480 e. The Morgan fingerprint density at radius 3 is 2.63 bits per heavy atom. The van der Waals surface area contributed by atoms with Crippen LogP contribution in [0.1, 0.15) is 26.2 Å². The van der Waals surface area contributed by atoms with Gasteiger partial charge in [0.2, 0.25) is 5.91 Å². The van der Waals surface area contributed by atoms with Crippen LogP contribution in [0, 0.1) is 0 Å². The van der Waals surface area contributed by atoms with Crippen LogP contribution in [0.4, 0.5) is 0 Å². The van der Waals surface area contributed by atoms with Crippen LogP contribution < -0.4 is 5.32 Å². The van der Waals surface area contributed by atoms with Crippen molar-refractivity contribution in [3.63, 3.8) is 0 Å². The SMILES string of the molecule is CC1(C(=O)N2CCCN(CC(=O)O)CC2)CCCN1. The molecule has 0 aromatic heterocycles. The topological polar surface area (TPSA) is 72.9 Å². The lowest BCUT2D eigenvalue weighted by atomic mass is 9.98. The van der Waals surface area contributed by atoms with E-state index >= 15 is 0 Å². The Bertz CT molecular complexity index is 353. The summed E-state index contributed by atoms with van der Waals surface area (Å²) in [6.07, 6.45) is 2.78. The van der Waals surface area contributed by atoms with Gasteiger partial charge in [-0.15, -0.1) is 0 Å². The molecule has 0 aromatic carbocycles. The van der Waals surface area contributed by atoms with Crippen LogP contribution in [-0.2, 0) is 9.59 Å². The summed E-state index contributed by atoms with van der Waals surface area (Å²) in [6.45, 7) is 5.70. The Morgan fingerprint density at radius 1 is 1.21 bits per heavy atom. The summed E-state index contributed by atoms with van der Waals surface area (Å²) in [5.41, 5.74) is -0.415. The molecule has 2 saturated heterocycles. The summed E-state index contributed by atoms with van der Waals surface area (Å²) in [7, 11) is 0. The lowest BCUT2D eigenvalue weighted by Crippen LogP contribution is -2.53. The summed E-state index contributed by atoms with van der Waals surface area (Å²) in [6, 6.07) is 0. The number of aliphatic carboxylic acids is 1. The first-order valence-electron chi connectivity index (χ1n) is 7.00. The van der Waals surface area contributed by atoms with Gasteiger partial charge in [0.15, 0.2) is 0 Å². The first kappa shape index (κ1) is 14.3. The molecule has 108 valence electrons. The highest BCUT2D eigenvalue weighted by atomic mass is 16.4. The Hall–Kier alpha value is -1.14. The van der Waals surface area contributed by atoms with Gasteiger partial charge in [-0.2, -0.15) is 0 Å². The number of hydrogen-bond acceptors (Lipinski definition) is 4. The number of carboxylic acids is 1. The molecular formula is C13H23N3O3. The van der Waals surface area contributed by atoms with Crippen molar-refractivity contribution in [1.82, 2.24) is 15.1 Å². The van der Waals surface area contributed by atoms with Crippen LogP contribution in [0.2, 0.25) is 0 Å². The molecule has 0 radical (unpaired) electrons. The van der Waals surface area contributed by atoms with Gasteiger partial charge in [0.1, 0.15) is 0 Å². The molecule has 2 aliphatic rings. The van der Waals surface area contributed by atoms with E-state index in [1.165, 1.54) is 0 Å². The highest BCUT2D eigenvalue weighted by Crippen LogP contribution is 2.22. The van der Waals surface area contributed by atoms with Crippen molar-refractivity contribution >= 4 is 11.9 Å². The predicted octanol–water partition coefficient (Wildman–Crippen LogP) is -0.253. The number of amides is 1. The smallest absolute Gasteiger partial charge is 0.317 e. The van der Waals surface area contributed by atoms with E-state index in [1.54, 1.807) is 0 Å². The molecule has 0 aliphatic carbocycles. The molecule has 0 saturated carbocycles. The highest BCUT2D eigenvalue weighted by Gasteiger charge is 2.39. The van der Waals surface area contributed by atoms with E-state index in [4.69, 9.17) is 5.11 Å².